The van der Waals surface area contributed by atoms with E-state index in [-0.39, 0.29) is 37.7 Å². The molecule has 4 atom stereocenters. The van der Waals surface area contributed by atoms with E-state index in [0.717, 1.165) is 0 Å². The molecular formula is C22H42N8O7. The summed E-state index contributed by atoms with van der Waals surface area (Å²) in [5.74, 6) is -5.10. The van der Waals surface area contributed by atoms with Gasteiger partial charge in [-0.1, -0.05) is 13.8 Å². The summed E-state index contributed by atoms with van der Waals surface area (Å²) in [6, 6.07) is -4.83. The van der Waals surface area contributed by atoms with Crippen molar-refractivity contribution in [1.82, 2.24) is 21.3 Å². The van der Waals surface area contributed by atoms with E-state index >= 15 is 0 Å². The molecule has 15 heteroatoms. The minimum absolute atomic E-state index is 0.0577. The second-order valence-electron chi connectivity index (χ2n) is 9.12. The van der Waals surface area contributed by atoms with Crippen LogP contribution in [0.5, 0.6) is 0 Å². The van der Waals surface area contributed by atoms with Crippen molar-refractivity contribution >= 4 is 35.6 Å². The minimum atomic E-state index is -1.37. The molecular weight excluding hydrogens is 488 g/mol. The maximum Gasteiger partial charge on any atom is 0.326 e. The van der Waals surface area contributed by atoms with Gasteiger partial charge < -0.3 is 48.7 Å². The molecule has 0 unspecified atom stereocenters. The topological polar surface area (TPSA) is 276 Å². The standard InChI is InChI=1S/C22H42N8O7/c1-12(2)10-16(30-18(33)13(24)11-17(31)32)20(35)28-14(7-5-9-27-22(25)26)19(34)29-15(21(36)37)6-3-4-8-23/h12-16H,3-11,23-24H2,1-2H3,(H,28,35)(H,29,34)(H,30,33)(H,31,32)(H,36,37)(H4,25,26,27)/t13-,14-,15-,16-/m0/s1. The van der Waals surface area contributed by atoms with Gasteiger partial charge in [-0.15, -0.1) is 0 Å². The van der Waals surface area contributed by atoms with E-state index in [9.17, 15) is 29.1 Å². The molecule has 0 aromatic carbocycles. The Kier molecular flexibility index (Phi) is 16.2. The average Bonchev–Trinajstić information content (AvgIpc) is 2.78. The Labute approximate surface area is 216 Å². The molecule has 13 N–H and O–H groups in total. The molecule has 212 valence electrons. The summed E-state index contributed by atoms with van der Waals surface area (Å²) < 4.78 is 0. The Hall–Kier alpha value is -3.46. The summed E-state index contributed by atoms with van der Waals surface area (Å²) in [7, 11) is 0. The first-order valence-corrected chi connectivity index (χ1v) is 12.2. The number of carbonyl (C=O) groups excluding carboxylic acids is 3. The van der Waals surface area contributed by atoms with Crippen molar-refractivity contribution in [3.63, 3.8) is 0 Å². The molecule has 15 nitrogen and oxygen atoms in total. The molecule has 0 aliphatic rings. The highest BCUT2D eigenvalue weighted by Crippen LogP contribution is 2.08. The summed E-state index contributed by atoms with van der Waals surface area (Å²) in [4.78, 5) is 60.9. The van der Waals surface area contributed by atoms with Crippen LogP contribution in [0.3, 0.4) is 0 Å². The molecule has 0 spiro atoms. The maximum atomic E-state index is 13.1. The van der Waals surface area contributed by atoms with E-state index < -0.39 is 60.2 Å². The Morgan fingerprint density at radius 1 is 0.838 bits per heavy atom. The number of unbranched alkanes of at least 4 members (excludes halogenated alkanes) is 1. The van der Waals surface area contributed by atoms with Gasteiger partial charge in [-0.2, -0.15) is 0 Å². The molecule has 3 amide bonds. The minimum Gasteiger partial charge on any atom is -0.481 e. The second kappa shape index (κ2) is 17.9. The number of carboxylic acids is 2. The normalized spacial score (nSPS) is 14.1. The van der Waals surface area contributed by atoms with Gasteiger partial charge in [0, 0.05) is 6.54 Å². The van der Waals surface area contributed by atoms with E-state index in [1.54, 1.807) is 13.8 Å². The number of aliphatic carboxylic acids is 2. The fraction of sp³-hybridized carbons (Fsp3) is 0.727. The van der Waals surface area contributed by atoms with Crippen LogP contribution in [-0.2, 0) is 24.0 Å². The third-order valence-electron chi connectivity index (χ3n) is 5.25. The first-order valence-electron chi connectivity index (χ1n) is 12.2. The fourth-order valence-corrected chi connectivity index (χ4v) is 3.36. The van der Waals surface area contributed by atoms with Crippen molar-refractivity contribution in [2.75, 3.05) is 13.1 Å². The van der Waals surface area contributed by atoms with Crippen LogP contribution >= 0.6 is 0 Å². The number of carboxylic acid groups (broad SMARTS) is 2. The van der Waals surface area contributed by atoms with E-state index in [1.807, 2.05) is 0 Å². The molecule has 0 radical (unpaired) electrons. The quantitative estimate of drug-likeness (QED) is 0.0484. The first-order chi connectivity index (χ1) is 17.3. The van der Waals surface area contributed by atoms with Crippen LogP contribution in [0.15, 0.2) is 0 Å². The Balaban J connectivity index is 5.58. The highest BCUT2D eigenvalue weighted by molar-refractivity contribution is 5.94. The van der Waals surface area contributed by atoms with Gasteiger partial charge in [0.1, 0.15) is 18.1 Å². The lowest BCUT2D eigenvalue weighted by molar-refractivity contribution is -0.142. The van der Waals surface area contributed by atoms with Crippen LogP contribution in [0, 0.1) is 11.3 Å². The Morgan fingerprint density at radius 2 is 1.38 bits per heavy atom. The zero-order valence-corrected chi connectivity index (χ0v) is 21.4. The van der Waals surface area contributed by atoms with Crippen LogP contribution < -0.4 is 38.5 Å². The van der Waals surface area contributed by atoms with Gasteiger partial charge >= 0.3 is 11.9 Å². The van der Waals surface area contributed by atoms with Crippen LogP contribution in [-0.4, -0.2) is 83.1 Å². The van der Waals surface area contributed by atoms with Gasteiger partial charge in [0.2, 0.25) is 17.7 Å². The summed E-state index contributed by atoms with van der Waals surface area (Å²) in [6.45, 7) is 4.21. The number of carbonyl (C=O) groups is 5. The van der Waals surface area contributed by atoms with Crippen molar-refractivity contribution in [2.24, 2.45) is 23.1 Å². The summed E-state index contributed by atoms with van der Waals surface area (Å²) >= 11 is 0. The third-order valence-corrected chi connectivity index (χ3v) is 5.25. The highest BCUT2D eigenvalue weighted by atomic mass is 16.4. The van der Waals surface area contributed by atoms with Gasteiger partial charge in [0.05, 0.1) is 12.5 Å². The molecule has 0 rings (SSSR count). The number of guanidine groups is 1. The monoisotopic (exact) mass is 530 g/mol. The zero-order chi connectivity index (χ0) is 28.5. The van der Waals surface area contributed by atoms with Gasteiger partial charge in [0.15, 0.2) is 5.96 Å². The first kappa shape index (κ1) is 33.5. The molecule has 0 saturated carbocycles. The molecule has 0 bridgehead atoms. The second-order valence-corrected chi connectivity index (χ2v) is 9.12. The van der Waals surface area contributed by atoms with Gasteiger partial charge in [-0.25, -0.2) is 4.79 Å². The highest BCUT2D eigenvalue weighted by Gasteiger charge is 2.30. The van der Waals surface area contributed by atoms with Crippen LogP contribution in [0.4, 0.5) is 0 Å². The predicted molar refractivity (Wildman–Crippen MR) is 135 cm³/mol. The number of nitrogens with one attached hydrogen (secondary N) is 5. The summed E-state index contributed by atoms with van der Waals surface area (Å²) in [5.41, 5.74) is 16.3. The van der Waals surface area contributed by atoms with E-state index in [1.165, 1.54) is 0 Å². The average molecular weight is 531 g/mol. The maximum absolute atomic E-state index is 13.1. The van der Waals surface area contributed by atoms with Crippen LogP contribution in [0.25, 0.3) is 0 Å². The molecule has 0 aliphatic carbocycles. The van der Waals surface area contributed by atoms with E-state index in [2.05, 4.69) is 21.3 Å². The summed E-state index contributed by atoms with van der Waals surface area (Å²) in [6.07, 6.45) is 1.13. The van der Waals surface area contributed by atoms with Crippen LogP contribution in [0.2, 0.25) is 0 Å². The Bertz CT molecular complexity index is 793. The molecule has 0 saturated heterocycles. The molecule has 0 aliphatic heterocycles. The van der Waals surface area contributed by atoms with Gasteiger partial charge in [0.25, 0.3) is 0 Å². The number of nitrogens with two attached hydrogens (primary N) is 3. The smallest absolute Gasteiger partial charge is 0.326 e. The molecule has 37 heavy (non-hydrogen) atoms. The van der Waals surface area contributed by atoms with E-state index in [0.29, 0.717) is 25.8 Å². The predicted octanol–water partition coefficient (Wildman–Crippen LogP) is -2.23. The van der Waals surface area contributed by atoms with Gasteiger partial charge in [-0.05, 0) is 51.0 Å². The third kappa shape index (κ3) is 15.3. The summed E-state index contributed by atoms with van der Waals surface area (Å²) in [5, 5.41) is 35.6. The van der Waals surface area contributed by atoms with Crippen molar-refractivity contribution in [3.05, 3.63) is 0 Å². The lowest BCUT2D eigenvalue weighted by Crippen LogP contribution is -2.57. The number of hydrogen-bond donors (Lipinski definition) is 10. The molecule has 0 aromatic rings. The van der Waals surface area contributed by atoms with Crippen molar-refractivity contribution in [2.45, 2.75) is 83.0 Å². The van der Waals surface area contributed by atoms with Crippen LogP contribution in [0.1, 0.15) is 58.8 Å². The largest absolute Gasteiger partial charge is 0.481 e. The lowest BCUT2D eigenvalue weighted by Gasteiger charge is -2.26. The number of amides is 3. The number of hydrogen-bond acceptors (Lipinski definition) is 8. The van der Waals surface area contributed by atoms with E-state index in [4.69, 9.17) is 27.7 Å². The molecule has 0 fully saturated rings. The van der Waals surface area contributed by atoms with Crippen molar-refractivity contribution in [3.8, 4) is 0 Å². The SMILES string of the molecule is CC(C)C[C@H](NC(=O)[C@@H](N)CC(=O)O)C(=O)N[C@@H](CCCNC(=N)N)C(=O)N[C@@H](CCCCN)C(=O)O. The molecule has 0 aromatic heterocycles. The Morgan fingerprint density at radius 3 is 1.89 bits per heavy atom. The fourth-order valence-electron chi connectivity index (χ4n) is 3.36. The lowest BCUT2D eigenvalue weighted by atomic mass is 10.0. The molecule has 0 heterocycles. The number of rotatable bonds is 19. The zero-order valence-electron chi connectivity index (χ0n) is 21.4. The van der Waals surface area contributed by atoms with Crippen molar-refractivity contribution < 1.29 is 34.2 Å². The van der Waals surface area contributed by atoms with Gasteiger partial charge in [-0.3, -0.25) is 24.6 Å². The van der Waals surface area contributed by atoms with Crippen molar-refractivity contribution in [1.29, 1.82) is 5.41 Å².